The molecule has 1 spiro atoms. The lowest BCUT2D eigenvalue weighted by Gasteiger charge is -2.26. The van der Waals surface area contributed by atoms with E-state index in [0.29, 0.717) is 19.4 Å². The van der Waals surface area contributed by atoms with Gasteiger partial charge in [-0.15, -0.1) is 0 Å². The van der Waals surface area contributed by atoms with Crippen LogP contribution in [0.4, 0.5) is 0 Å². The van der Waals surface area contributed by atoms with Gasteiger partial charge in [-0.1, -0.05) is 23.4 Å². The van der Waals surface area contributed by atoms with Crippen molar-refractivity contribution in [3.8, 4) is 5.75 Å². The second kappa shape index (κ2) is 5.34. The quantitative estimate of drug-likeness (QED) is 0.896. The number of para-hydroxylation sites is 1. The Balaban J connectivity index is 1.50. The number of rotatable bonds is 4. The normalized spacial score (nSPS) is 24.9. The minimum absolute atomic E-state index is 0.261. The number of fused-ring (bicyclic) bond motifs is 2. The van der Waals surface area contributed by atoms with Crippen molar-refractivity contribution in [1.29, 1.82) is 0 Å². The number of sulfonamides is 1. The van der Waals surface area contributed by atoms with Crippen LogP contribution in [0.5, 0.6) is 5.75 Å². The number of ether oxygens (including phenoxy) is 1. The fourth-order valence-electron chi connectivity index (χ4n) is 3.47. The maximum atomic E-state index is 12.5. The van der Waals surface area contributed by atoms with Gasteiger partial charge in [-0.05, 0) is 18.9 Å². The molecule has 2 heterocycles. The van der Waals surface area contributed by atoms with E-state index < -0.39 is 15.9 Å². The second-order valence-corrected chi connectivity index (χ2v) is 7.95. The van der Waals surface area contributed by atoms with E-state index in [2.05, 4.69) is 14.4 Å². The maximum Gasteiger partial charge on any atom is 0.240 e. The van der Waals surface area contributed by atoms with Gasteiger partial charge in [-0.3, -0.25) is 9.52 Å². The first-order valence-corrected chi connectivity index (χ1v) is 9.31. The summed E-state index contributed by atoms with van der Waals surface area (Å²) in [6.45, 7) is 0.534. The van der Waals surface area contributed by atoms with E-state index >= 15 is 0 Å². The smallest absolute Gasteiger partial charge is 0.240 e. The molecule has 0 saturated heterocycles. The van der Waals surface area contributed by atoms with Crippen molar-refractivity contribution in [1.82, 2.24) is 9.88 Å². The lowest BCUT2D eigenvalue weighted by atomic mass is 9.87. The predicted octanol–water partition coefficient (Wildman–Crippen LogP) is 1.36. The number of nitrogens with one attached hydrogen (secondary N) is 1. The predicted molar refractivity (Wildman–Crippen MR) is 83.6 cm³/mol. The number of benzene rings is 1. The van der Waals surface area contributed by atoms with Crippen molar-refractivity contribution in [2.75, 3.05) is 6.61 Å². The zero-order chi connectivity index (χ0) is 16.8. The van der Waals surface area contributed by atoms with E-state index in [1.54, 1.807) is 0 Å². The van der Waals surface area contributed by atoms with Crippen LogP contribution in [0.1, 0.15) is 24.1 Å². The van der Waals surface area contributed by atoms with Gasteiger partial charge in [-0.2, -0.15) is 0 Å². The van der Waals surface area contributed by atoms with Crippen LogP contribution in [0.15, 0.2) is 41.1 Å². The Morgan fingerprint density at radius 1 is 1.33 bits per heavy atom. The zero-order valence-corrected chi connectivity index (χ0v) is 13.6. The highest BCUT2D eigenvalue weighted by Crippen LogP contribution is 2.60. The molecule has 0 unspecified atom stereocenters. The maximum absolute atomic E-state index is 12.5. The number of carbonyl (C=O) groups is 1. The molecular formula is C16H16N2O5S. The summed E-state index contributed by atoms with van der Waals surface area (Å²) in [5.74, 6) is -0.413. The SMILES string of the molecule is O=C(NS(=O)(=O)Cc1ccon1)[C@H]1C[C@]12CCOc1ccccc12. The first kappa shape index (κ1) is 15.2. The molecule has 1 aliphatic heterocycles. The van der Waals surface area contributed by atoms with Crippen LogP contribution in [0, 0.1) is 5.92 Å². The number of nitrogens with zero attached hydrogens (tertiary/aromatic N) is 1. The van der Waals surface area contributed by atoms with Crippen LogP contribution in [0.2, 0.25) is 0 Å². The molecule has 1 amide bonds. The molecule has 1 fully saturated rings. The molecule has 2 aliphatic rings. The highest BCUT2D eigenvalue weighted by molar-refractivity contribution is 7.89. The molecule has 24 heavy (non-hydrogen) atoms. The van der Waals surface area contributed by atoms with Crippen LogP contribution in [-0.4, -0.2) is 26.1 Å². The van der Waals surface area contributed by atoms with Crippen molar-refractivity contribution in [2.24, 2.45) is 5.92 Å². The second-order valence-electron chi connectivity index (χ2n) is 6.22. The first-order chi connectivity index (χ1) is 11.5. The summed E-state index contributed by atoms with van der Waals surface area (Å²) in [5, 5.41) is 3.56. The van der Waals surface area contributed by atoms with Gasteiger partial charge in [-0.25, -0.2) is 8.42 Å². The summed E-state index contributed by atoms with van der Waals surface area (Å²) in [7, 11) is -3.79. The lowest BCUT2D eigenvalue weighted by Crippen LogP contribution is -2.35. The van der Waals surface area contributed by atoms with Gasteiger partial charge in [0.1, 0.15) is 23.5 Å². The molecule has 1 aromatic heterocycles. The molecule has 2 atom stereocenters. The molecule has 0 radical (unpaired) electrons. The molecule has 7 nitrogen and oxygen atoms in total. The lowest BCUT2D eigenvalue weighted by molar-refractivity contribution is -0.121. The zero-order valence-electron chi connectivity index (χ0n) is 12.8. The van der Waals surface area contributed by atoms with E-state index in [4.69, 9.17) is 4.74 Å². The van der Waals surface area contributed by atoms with Crippen LogP contribution in [0.25, 0.3) is 0 Å². The van der Waals surface area contributed by atoms with Crippen LogP contribution >= 0.6 is 0 Å². The summed E-state index contributed by atoms with van der Waals surface area (Å²) >= 11 is 0. The Morgan fingerprint density at radius 2 is 2.17 bits per heavy atom. The van der Waals surface area contributed by atoms with Gasteiger partial charge in [0, 0.05) is 23.0 Å². The van der Waals surface area contributed by atoms with Crippen LogP contribution in [-0.2, 0) is 26.0 Å². The van der Waals surface area contributed by atoms with Gasteiger partial charge in [0.2, 0.25) is 15.9 Å². The molecule has 2 aromatic rings. The van der Waals surface area contributed by atoms with E-state index in [-0.39, 0.29) is 22.8 Å². The summed E-state index contributed by atoms with van der Waals surface area (Å²) in [6, 6.07) is 9.08. The first-order valence-electron chi connectivity index (χ1n) is 7.66. The van der Waals surface area contributed by atoms with E-state index in [0.717, 1.165) is 11.3 Å². The van der Waals surface area contributed by atoms with E-state index in [9.17, 15) is 13.2 Å². The van der Waals surface area contributed by atoms with Crippen molar-refractivity contribution in [3.63, 3.8) is 0 Å². The molecule has 1 aliphatic carbocycles. The van der Waals surface area contributed by atoms with Crippen molar-refractivity contribution in [2.45, 2.75) is 24.0 Å². The minimum atomic E-state index is -3.79. The van der Waals surface area contributed by atoms with Crippen LogP contribution < -0.4 is 9.46 Å². The molecule has 1 N–H and O–H groups in total. The van der Waals surface area contributed by atoms with E-state index in [1.165, 1.54) is 12.3 Å². The molecule has 1 aromatic carbocycles. The Morgan fingerprint density at radius 3 is 2.96 bits per heavy atom. The largest absolute Gasteiger partial charge is 0.493 e. The van der Waals surface area contributed by atoms with Gasteiger partial charge in [0.25, 0.3) is 0 Å². The van der Waals surface area contributed by atoms with Crippen molar-refractivity contribution in [3.05, 3.63) is 47.9 Å². The minimum Gasteiger partial charge on any atom is -0.493 e. The summed E-state index contributed by atoms with van der Waals surface area (Å²) in [6.07, 6.45) is 2.64. The Bertz CT molecular complexity index is 878. The molecule has 1 saturated carbocycles. The average Bonchev–Trinajstić information content (AvgIpc) is 3.03. The third kappa shape index (κ3) is 2.56. The number of hydrogen-bond donors (Lipinski definition) is 1. The van der Waals surface area contributed by atoms with Gasteiger partial charge in [0.05, 0.1) is 6.61 Å². The highest BCUT2D eigenvalue weighted by Gasteiger charge is 2.61. The monoisotopic (exact) mass is 348 g/mol. The number of aromatic nitrogens is 1. The molecule has 0 bridgehead atoms. The van der Waals surface area contributed by atoms with Crippen molar-refractivity contribution < 1.29 is 22.5 Å². The third-order valence-corrected chi connectivity index (χ3v) is 5.89. The molecule has 8 heteroatoms. The van der Waals surface area contributed by atoms with Crippen molar-refractivity contribution >= 4 is 15.9 Å². The molecular weight excluding hydrogens is 332 g/mol. The number of amides is 1. The van der Waals surface area contributed by atoms with Gasteiger partial charge in [0.15, 0.2) is 0 Å². The van der Waals surface area contributed by atoms with E-state index in [1.807, 2.05) is 24.3 Å². The summed E-state index contributed by atoms with van der Waals surface area (Å²) in [5.41, 5.74) is 0.949. The summed E-state index contributed by atoms with van der Waals surface area (Å²) in [4.78, 5) is 12.5. The topological polar surface area (TPSA) is 98.5 Å². The Hall–Kier alpha value is -2.35. The fraction of sp³-hybridized carbons (Fsp3) is 0.375. The fourth-order valence-corrected chi connectivity index (χ4v) is 4.53. The average molecular weight is 348 g/mol. The Kier molecular flexibility index (Phi) is 3.38. The molecule has 4 rings (SSSR count). The number of hydrogen-bond acceptors (Lipinski definition) is 6. The van der Waals surface area contributed by atoms with Gasteiger partial charge < -0.3 is 9.26 Å². The third-order valence-electron chi connectivity index (χ3n) is 4.71. The number of carbonyl (C=O) groups excluding carboxylic acids is 1. The molecule has 126 valence electrons. The van der Waals surface area contributed by atoms with Gasteiger partial charge >= 0.3 is 0 Å². The standard InChI is InChI=1S/C16H16N2O5S/c19-15(18-24(20,21)10-11-5-7-23-17-11)13-9-16(13)6-8-22-14-4-2-1-3-12(14)16/h1-5,7,13H,6,8-10H2,(H,18,19)/t13-,16+/m1/s1. The van der Waals surface area contributed by atoms with Crippen LogP contribution in [0.3, 0.4) is 0 Å². The highest BCUT2D eigenvalue weighted by atomic mass is 32.2. The summed E-state index contributed by atoms with van der Waals surface area (Å²) < 4.78 is 36.7. The Labute approximate surface area is 139 Å².